The van der Waals surface area contributed by atoms with E-state index in [1.165, 1.54) is 0 Å². The van der Waals surface area contributed by atoms with Gasteiger partial charge in [0, 0.05) is 12.4 Å². The van der Waals surface area contributed by atoms with Crippen LogP contribution in [0.25, 0.3) is 0 Å². The highest BCUT2D eigenvalue weighted by molar-refractivity contribution is 5.76. The zero-order valence-corrected chi connectivity index (χ0v) is 6.64. The highest BCUT2D eigenvalue weighted by Gasteiger charge is 1.85. The van der Waals surface area contributed by atoms with Gasteiger partial charge in [-0.1, -0.05) is 12.6 Å². The van der Waals surface area contributed by atoms with E-state index < -0.39 is 0 Å². The van der Waals surface area contributed by atoms with Gasteiger partial charge in [-0.25, -0.2) is 0 Å². The van der Waals surface area contributed by atoms with E-state index >= 15 is 0 Å². The van der Waals surface area contributed by atoms with E-state index in [4.69, 9.17) is 5.11 Å². The maximum Gasteiger partial charge on any atom is 0.106 e. The van der Waals surface area contributed by atoms with Crippen molar-refractivity contribution in [3.8, 4) is 0 Å². The van der Waals surface area contributed by atoms with Gasteiger partial charge in [0.2, 0.25) is 0 Å². The van der Waals surface area contributed by atoms with Gasteiger partial charge in [0.05, 0.1) is 12.2 Å². The molecule has 1 rings (SSSR count). The van der Waals surface area contributed by atoms with Crippen LogP contribution in [0.3, 0.4) is 0 Å². The molecule has 0 spiro atoms. The van der Waals surface area contributed by atoms with Gasteiger partial charge in [-0.15, -0.1) is 0 Å². The molecule has 3 nitrogen and oxygen atoms in total. The van der Waals surface area contributed by atoms with Gasteiger partial charge >= 0.3 is 0 Å². The van der Waals surface area contributed by atoms with Gasteiger partial charge in [0.25, 0.3) is 0 Å². The highest BCUT2D eigenvalue weighted by atomic mass is 16.3. The molecule has 0 atom stereocenters. The lowest BCUT2D eigenvalue weighted by molar-refractivity contribution is 0.407. The Morgan fingerprint density at radius 2 is 2.50 bits per heavy atom. The lowest BCUT2D eigenvalue weighted by Gasteiger charge is -1.90. The van der Waals surface area contributed by atoms with Crippen molar-refractivity contribution in [3.05, 3.63) is 42.4 Å². The zero-order valence-electron chi connectivity index (χ0n) is 6.64. The van der Waals surface area contributed by atoms with E-state index in [0.717, 1.165) is 5.69 Å². The molecule has 0 fully saturated rings. The maximum absolute atomic E-state index is 8.70. The van der Waals surface area contributed by atoms with Crippen LogP contribution in [0.5, 0.6) is 0 Å². The Hall–Kier alpha value is -1.64. The summed E-state index contributed by atoms with van der Waals surface area (Å²) in [4.78, 5) is 7.92. The van der Waals surface area contributed by atoms with E-state index in [1.807, 2.05) is 18.2 Å². The molecule has 0 bridgehead atoms. The van der Waals surface area contributed by atoms with E-state index in [9.17, 15) is 0 Å². The minimum absolute atomic E-state index is 0.0576. The minimum Gasteiger partial charge on any atom is -0.511 e. The quantitative estimate of drug-likeness (QED) is 0.541. The maximum atomic E-state index is 8.70. The second-order valence-corrected chi connectivity index (χ2v) is 2.29. The van der Waals surface area contributed by atoms with Gasteiger partial charge in [-0.3, -0.25) is 9.98 Å². The van der Waals surface area contributed by atoms with Crippen LogP contribution in [0.1, 0.15) is 5.69 Å². The number of aliphatic hydroxyl groups excluding tert-OH is 1. The molecule has 62 valence electrons. The SMILES string of the molecule is C=C(O)CN=Cc1ccccn1. The highest BCUT2D eigenvalue weighted by Crippen LogP contribution is 1.89. The Kier molecular flexibility index (Phi) is 3.02. The van der Waals surface area contributed by atoms with Crippen LogP contribution in [0.15, 0.2) is 41.7 Å². The molecule has 0 amide bonds. The Morgan fingerprint density at radius 1 is 1.67 bits per heavy atom. The van der Waals surface area contributed by atoms with Crippen molar-refractivity contribution in [2.24, 2.45) is 4.99 Å². The lowest BCUT2D eigenvalue weighted by atomic mass is 10.4. The predicted molar refractivity (Wildman–Crippen MR) is 48.5 cm³/mol. The second-order valence-electron chi connectivity index (χ2n) is 2.29. The van der Waals surface area contributed by atoms with Gasteiger partial charge < -0.3 is 5.11 Å². The summed E-state index contributed by atoms with van der Waals surface area (Å²) in [5.41, 5.74) is 0.777. The van der Waals surface area contributed by atoms with Gasteiger partial charge in [-0.2, -0.15) is 0 Å². The number of aliphatic imine (C=N–C) groups is 1. The van der Waals surface area contributed by atoms with E-state index in [-0.39, 0.29) is 12.3 Å². The van der Waals surface area contributed by atoms with Crippen molar-refractivity contribution in [1.29, 1.82) is 0 Å². The fourth-order valence-corrected chi connectivity index (χ4v) is 0.697. The summed E-state index contributed by atoms with van der Waals surface area (Å²) in [7, 11) is 0. The first kappa shape index (κ1) is 8.46. The fourth-order valence-electron chi connectivity index (χ4n) is 0.697. The molecule has 3 heteroatoms. The third-order valence-electron chi connectivity index (χ3n) is 1.19. The number of aliphatic hydroxyl groups is 1. The van der Waals surface area contributed by atoms with Crippen LogP contribution < -0.4 is 0 Å². The van der Waals surface area contributed by atoms with Crippen molar-refractivity contribution >= 4 is 6.21 Å². The fraction of sp³-hybridized carbons (Fsp3) is 0.111. The van der Waals surface area contributed by atoms with E-state index in [0.29, 0.717) is 0 Å². The molecule has 0 aliphatic rings. The number of hydrogen-bond acceptors (Lipinski definition) is 3. The molecule has 0 saturated heterocycles. The molecule has 0 radical (unpaired) electrons. The van der Waals surface area contributed by atoms with Gasteiger partial charge in [0.15, 0.2) is 0 Å². The molecular weight excluding hydrogens is 152 g/mol. The number of aromatic nitrogens is 1. The topological polar surface area (TPSA) is 45.5 Å². The smallest absolute Gasteiger partial charge is 0.106 e. The Balaban J connectivity index is 2.52. The summed E-state index contributed by atoms with van der Waals surface area (Å²) in [6, 6.07) is 5.55. The number of rotatable bonds is 3. The monoisotopic (exact) mass is 162 g/mol. The summed E-state index contributed by atoms with van der Waals surface area (Å²) in [5, 5.41) is 8.70. The Bertz CT molecular complexity index is 280. The number of hydrogen-bond donors (Lipinski definition) is 1. The molecule has 1 N–H and O–H groups in total. The third-order valence-corrected chi connectivity index (χ3v) is 1.19. The minimum atomic E-state index is 0.0576. The van der Waals surface area contributed by atoms with Crippen LogP contribution in [0.4, 0.5) is 0 Å². The molecule has 0 unspecified atom stereocenters. The van der Waals surface area contributed by atoms with Crippen LogP contribution in [-0.2, 0) is 0 Å². The van der Waals surface area contributed by atoms with Crippen molar-refractivity contribution in [2.75, 3.05) is 6.54 Å². The Labute approximate surface area is 71.1 Å². The summed E-state index contributed by atoms with van der Waals surface area (Å²) in [6.07, 6.45) is 3.29. The van der Waals surface area contributed by atoms with Crippen LogP contribution in [-0.4, -0.2) is 22.8 Å². The van der Waals surface area contributed by atoms with Gasteiger partial charge in [0.1, 0.15) is 5.76 Å². The molecule has 0 aromatic carbocycles. The van der Waals surface area contributed by atoms with Crippen molar-refractivity contribution in [2.45, 2.75) is 0 Å². The van der Waals surface area contributed by atoms with Crippen molar-refractivity contribution in [1.82, 2.24) is 4.98 Å². The largest absolute Gasteiger partial charge is 0.511 e. The first-order chi connectivity index (χ1) is 5.79. The molecule has 1 aromatic heterocycles. The molecular formula is C9H10N2O. The third kappa shape index (κ3) is 2.96. The first-order valence-electron chi connectivity index (χ1n) is 3.56. The lowest BCUT2D eigenvalue weighted by Crippen LogP contribution is -1.88. The molecule has 1 heterocycles. The second kappa shape index (κ2) is 4.28. The molecule has 1 aromatic rings. The van der Waals surface area contributed by atoms with E-state index in [1.54, 1.807) is 12.4 Å². The van der Waals surface area contributed by atoms with Gasteiger partial charge in [-0.05, 0) is 12.1 Å². The standard InChI is InChI=1S/C9H10N2O/c1-8(12)6-10-7-9-4-2-3-5-11-9/h2-5,7,12H,1,6H2. The molecule has 0 saturated carbocycles. The van der Waals surface area contributed by atoms with Crippen LogP contribution in [0, 0.1) is 0 Å². The summed E-state index contributed by atoms with van der Waals surface area (Å²) >= 11 is 0. The number of pyridine rings is 1. The summed E-state index contributed by atoms with van der Waals surface area (Å²) < 4.78 is 0. The van der Waals surface area contributed by atoms with Crippen molar-refractivity contribution in [3.63, 3.8) is 0 Å². The van der Waals surface area contributed by atoms with Crippen LogP contribution >= 0.6 is 0 Å². The Morgan fingerprint density at radius 3 is 3.08 bits per heavy atom. The summed E-state index contributed by atoms with van der Waals surface area (Å²) in [6.45, 7) is 3.54. The first-order valence-corrected chi connectivity index (χ1v) is 3.56. The molecule has 0 aliphatic heterocycles. The zero-order chi connectivity index (χ0) is 8.81. The van der Waals surface area contributed by atoms with Crippen molar-refractivity contribution < 1.29 is 5.11 Å². The number of nitrogens with zero attached hydrogens (tertiary/aromatic N) is 2. The van der Waals surface area contributed by atoms with Crippen LogP contribution in [0.2, 0.25) is 0 Å². The normalized spacial score (nSPS) is 10.3. The summed E-state index contributed by atoms with van der Waals surface area (Å²) in [5.74, 6) is 0.0576. The van der Waals surface area contributed by atoms with E-state index in [2.05, 4.69) is 16.6 Å². The average molecular weight is 162 g/mol. The predicted octanol–water partition coefficient (Wildman–Crippen LogP) is 1.57. The molecule has 12 heavy (non-hydrogen) atoms. The average Bonchev–Trinajstić information content (AvgIpc) is 2.05. The molecule has 0 aliphatic carbocycles.